The highest BCUT2D eigenvalue weighted by molar-refractivity contribution is 9.10. The van der Waals surface area contributed by atoms with Gasteiger partial charge < -0.3 is 9.94 Å². The molecular weight excluding hydrogens is 386 g/mol. The van der Waals surface area contributed by atoms with Crippen molar-refractivity contribution in [3.8, 4) is 0 Å². The first-order valence-corrected chi connectivity index (χ1v) is 9.73. The first kappa shape index (κ1) is 19.9. The average molecular weight is 412 g/mol. The van der Waals surface area contributed by atoms with E-state index < -0.39 is 0 Å². The van der Waals surface area contributed by atoms with Gasteiger partial charge in [0.1, 0.15) is 0 Å². The lowest BCUT2D eigenvalue weighted by Gasteiger charge is -2.27. The van der Waals surface area contributed by atoms with E-state index in [4.69, 9.17) is 4.84 Å². The standard InChI is InChI=1S/C19H26BrNO4/c1-2-3-4-18(23)21(13-14-5-9-16(20)10-6-14)25-19(24)15-7-11-17(22)12-8-15/h5-6,9-10,15,17,22H,2-4,7-8,11-13H2,1H3. The van der Waals surface area contributed by atoms with Crippen LogP contribution in [0, 0.1) is 5.92 Å². The summed E-state index contributed by atoms with van der Waals surface area (Å²) in [6.45, 7) is 2.27. The molecule has 0 saturated heterocycles. The molecule has 1 aliphatic carbocycles. The van der Waals surface area contributed by atoms with Crippen molar-refractivity contribution in [3.05, 3.63) is 34.3 Å². The van der Waals surface area contributed by atoms with Gasteiger partial charge in [0.15, 0.2) is 0 Å². The van der Waals surface area contributed by atoms with E-state index in [9.17, 15) is 14.7 Å². The number of carbonyl (C=O) groups is 2. The van der Waals surface area contributed by atoms with Crippen molar-refractivity contribution in [2.24, 2.45) is 5.92 Å². The fourth-order valence-corrected chi connectivity index (χ4v) is 3.14. The largest absolute Gasteiger partial charge is 0.393 e. The summed E-state index contributed by atoms with van der Waals surface area (Å²) in [5.74, 6) is -0.780. The first-order valence-electron chi connectivity index (χ1n) is 8.94. The number of aliphatic hydroxyl groups excluding tert-OH is 1. The molecule has 1 saturated carbocycles. The highest BCUT2D eigenvalue weighted by Gasteiger charge is 2.29. The van der Waals surface area contributed by atoms with E-state index in [2.05, 4.69) is 15.9 Å². The van der Waals surface area contributed by atoms with Crippen molar-refractivity contribution < 1.29 is 19.5 Å². The first-order chi connectivity index (χ1) is 12.0. The SMILES string of the molecule is CCCCC(=O)N(Cc1ccc(Br)cc1)OC(=O)C1CCC(O)CC1. The number of hydroxylamine groups is 2. The number of nitrogens with zero attached hydrogens (tertiary/aromatic N) is 1. The molecule has 0 heterocycles. The van der Waals surface area contributed by atoms with Crippen LogP contribution in [-0.4, -0.2) is 28.2 Å². The van der Waals surface area contributed by atoms with Gasteiger partial charge in [0.25, 0.3) is 5.91 Å². The predicted molar refractivity (Wildman–Crippen MR) is 98.3 cm³/mol. The molecular formula is C19H26BrNO4. The van der Waals surface area contributed by atoms with Gasteiger partial charge in [0.05, 0.1) is 18.6 Å². The number of amides is 1. The Morgan fingerprint density at radius 3 is 2.44 bits per heavy atom. The number of carbonyl (C=O) groups excluding carboxylic acids is 2. The molecule has 1 aromatic carbocycles. The third kappa shape index (κ3) is 6.44. The summed E-state index contributed by atoms with van der Waals surface area (Å²) in [4.78, 5) is 30.3. The van der Waals surface area contributed by atoms with Crippen LogP contribution in [0.3, 0.4) is 0 Å². The second kappa shape index (κ2) is 9.92. The molecule has 1 amide bonds. The Morgan fingerprint density at radius 2 is 1.84 bits per heavy atom. The topological polar surface area (TPSA) is 66.8 Å². The Morgan fingerprint density at radius 1 is 1.20 bits per heavy atom. The minimum atomic E-state index is -0.367. The van der Waals surface area contributed by atoms with Crippen LogP contribution in [0.15, 0.2) is 28.7 Å². The van der Waals surface area contributed by atoms with E-state index >= 15 is 0 Å². The molecule has 1 N–H and O–H groups in total. The molecule has 2 rings (SSSR count). The second-order valence-electron chi connectivity index (χ2n) is 6.58. The molecule has 6 heteroatoms. The number of benzene rings is 1. The third-order valence-electron chi connectivity index (χ3n) is 4.49. The van der Waals surface area contributed by atoms with E-state index in [1.54, 1.807) is 0 Å². The molecule has 0 aliphatic heterocycles. The second-order valence-corrected chi connectivity index (χ2v) is 7.49. The van der Waals surface area contributed by atoms with Gasteiger partial charge >= 0.3 is 5.97 Å². The van der Waals surface area contributed by atoms with Crippen molar-refractivity contribution in [1.29, 1.82) is 0 Å². The summed E-state index contributed by atoms with van der Waals surface area (Å²) in [6.07, 6.45) is 4.14. The lowest BCUT2D eigenvalue weighted by atomic mass is 9.88. The van der Waals surface area contributed by atoms with Crippen LogP contribution in [-0.2, 0) is 21.0 Å². The normalized spacial score (nSPS) is 20.1. The molecule has 0 unspecified atom stereocenters. The highest BCUT2D eigenvalue weighted by atomic mass is 79.9. The molecule has 0 aromatic heterocycles. The number of aliphatic hydroxyl groups is 1. The molecule has 1 aliphatic rings. The predicted octanol–water partition coefficient (Wildman–Crippen LogP) is 3.98. The van der Waals surface area contributed by atoms with Crippen molar-refractivity contribution in [1.82, 2.24) is 5.06 Å². The van der Waals surface area contributed by atoms with Crippen molar-refractivity contribution in [2.45, 2.75) is 64.5 Å². The maximum atomic E-state index is 12.4. The van der Waals surface area contributed by atoms with E-state index in [-0.39, 0.29) is 30.4 Å². The van der Waals surface area contributed by atoms with Crippen LogP contribution >= 0.6 is 15.9 Å². The number of hydrogen-bond acceptors (Lipinski definition) is 4. The van der Waals surface area contributed by atoms with E-state index in [0.29, 0.717) is 32.1 Å². The maximum Gasteiger partial charge on any atom is 0.335 e. The smallest absolute Gasteiger partial charge is 0.335 e. The Hall–Kier alpha value is -1.40. The summed E-state index contributed by atoms with van der Waals surface area (Å²) in [7, 11) is 0. The van der Waals surface area contributed by atoms with Crippen LogP contribution in [0.4, 0.5) is 0 Å². The van der Waals surface area contributed by atoms with Gasteiger partial charge in [-0.15, -0.1) is 0 Å². The number of hydrogen-bond donors (Lipinski definition) is 1. The minimum absolute atomic E-state index is 0.172. The molecule has 0 atom stereocenters. The fraction of sp³-hybridized carbons (Fsp3) is 0.579. The molecule has 5 nitrogen and oxygen atoms in total. The van der Waals surface area contributed by atoms with Crippen LogP contribution in [0.1, 0.15) is 57.4 Å². The van der Waals surface area contributed by atoms with Gasteiger partial charge in [-0.3, -0.25) is 4.79 Å². The van der Waals surface area contributed by atoms with Crippen molar-refractivity contribution in [2.75, 3.05) is 0 Å². The zero-order valence-electron chi connectivity index (χ0n) is 14.6. The van der Waals surface area contributed by atoms with Crippen LogP contribution in [0.25, 0.3) is 0 Å². The highest BCUT2D eigenvalue weighted by Crippen LogP contribution is 2.26. The number of halogens is 1. The van der Waals surface area contributed by atoms with E-state index in [0.717, 1.165) is 22.9 Å². The number of rotatable bonds is 6. The summed E-state index contributed by atoms with van der Waals surface area (Å²) in [5.41, 5.74) is 0.903. The zero-order valence-corrected chi connectivity index (χ0v) is 16.2. The molecule has 1 aromatic rings. The zero-order chi connectivity index (χ0) is 18.2. The summed E-state index contributed by atoms with van der Waals surface area (Å²) in [5, 5.41) is 10.8. The van der Waals surface area contributed by atoms with Crippen LogP contribution < -0.4 is 0 Å². The Kier molecular flexibility index (Phi) is 7.90. The lowest BCUT2D eigenvalue weighted by Crippen LogP contribution is -2.36. The molecule has 0 bridgehead atoms. The van der Waals surface area contributed by atoms with Gasteiger partial charge in [0, 0.05) is 10.9 Å². The Bertz CT molecular complexity index is 567. The van der Waals surface area contributed by atoms with E-state index in [1.165, 1.54) is 5.06 Å². The lowest BCUT2D eigenvalue weighted by molar-refractivity contribution is -0.205. The third-order valence-corrected chi connectivity index (χ3v) is 5.02. The monoisotopic (exact) mass is 411 g/mol. The molecule has 0 radical (unpaired) electrons. The summed E-state index contributed by atoms with van der Waals surface area (Å²) >= 11 is 3.39. The van der Waals surface area contributed by atoms with Gasteiger partial charge in [-0.25, -0.2) is 4.79 Å². The number of unbranched alkanes of at least 4 members (excludes halogenated alkanes) is 1. The van der Waals surface area contributed by atoms with Gasteiger partial charge in [-0.1, -0.05) is 41.4 Å². The molecule has 25 heavy (non-hydrogen) atoms. The Balaban J connectivity index is 2.01. The quantitative estimate of drug-likeness (QED) is 0.718. The van der Waals surface area contributed by atoms with Gasteiger partial charge in [0.2, 0.25) is 0 Å². The van der Waals surface area contributed by atoms with Gasteiger partial charge in [-0.2, -0.15) is 5.06 Å². The fourth-order valence-electron chi connectivity index (χ4n) is 2.87. The minimum Gasteiger partial charge on any atom is -0.393 e. The molecule has 1 fully saturated rings. The maximum absolute atomic E-state index is 12.4. The van der Waals surface area contributed by atoms with Crippen LogP contribution in [0.2, 0.25) is 0 Å². The summed E-state index contributed by atoms with van der Waals surface area (Å²) in [6, 6.07) is 7.59. The average Bonchev–Trinajstić information content (AvgIpc) is 2.61. The summed E-state index contributed by atoms with van der Waals surface area (Å²) < 4.78 is 0.956. The molecule has 0 spiro atoms. The van der Waals surface area contributed by atoms with E-state index in [1.807, 2.05) is 31.2 Å². The van der Waals surface area contributed by atoms with Gasteiger partial charge in [-0.05, 0) is 49.8 Å². The van der Waals surface area contributed by atoms with Crippen molar-refractivity contribution in [3.63, 3.8) is 0 Å². The molecule has 138 valence electrons. The van der Waals surface area contributed by atoms with Crippen molar-refractivity contribution >= 4 is 27.8 Å². The van der Waals surface area contributed by atoms with Crippen LogP contribution in [0.5, 0.6) is 0 Å². The Labute approximate surface area is 157 Å².